The van der Waals surface area contributed by atoms with Gasteiger partial charge in [0.1, 0.15) is 5.03 Å². The van der Waals surface area contributed by atoms with Crippen LogP contribution in [0.1, 0.15) is 11.1 Å². The normalized spacial score (nSPS) is 10.4. The molecule has 0 fully saturated rings. The van der Waals surface area contributed by atoms with Crippen molar-refractivity contribution in [3.8, 4) is 0 Å². The molecule has 3 nitrogen and oxygen atoms in total. The van der Waals surface area contributed by atoms with Gasteiger partial charge in [0.25, 0.3) is 0 Å². The Kier molecular flexibility index (Phi) is 3.54. The maximum Gasteiger partial charge on any atom is 0.128 e. The van der Waals surface area contributed by atoms with Gasteiger partial charge in [-0.3, -0.25) is 0 Å². The Balaban J connectivity index is 2.26. The molecule has 0 unspecified atom stereocenters. The van der Waals surface area contributed by atoms with E-state index in [2.05, 4.69) is 35.3 Å². The van der Waals surface area contributed by atoms with E-state index in [0.29, 0.717) is 6.54 Å². The Morgan fingerprint density at radius 1 is 1.31 bits per heavy atom. The van der Waals surface area contributed by atoms with Crippen LogP contribution in [0.3, 0.4) is 0 Å². The van der Waals surface area contributed by atoms with Crippen LogP contribution in [-0.4, -0.2) is 10.2 Å². The lowest BCUT2D eigenvalue weighted by Crippen LogP contribution is -2.00. The SMILES string of the molecule is Cc1cccc(Sc2nnccc2CN)c1. The van der Waals surface area contributed by atoms with Gasteiger partial charge >= 0.3 is 0 Å². The van der Waals surface area contributed by atoms with Crippen LogP contribution in [0.4, 0.5) is 0 Å². The first-order valence-corrected chi connectivity index (χ1v) is 5.86. The number of nitrogens with zero attached hydrogens (tertiary/aromatic N) is 2. The van der Waals surface area contributed by atoms with Crippen molar-refractivity contribution in [2.24, 2.45) is 5.73 Å². The zero-order chi connectivity index (χ0) is 11.4. The Hall–Kier alpha value is -1.39. The molecule has 0 atom stereocenters. The molecule has 2 N–H and O–H groups in total. The Labute approximate surface area is 99.1 Å². The highest BCUT2D eigenvalue weighted by atomic mass is 32.2. The molecule has 0 saturated heterocycles. The van der Waals surface area contributed by atoms with Gasteiger partial charge in [0.05, 0.1) is 0 Å². The predicted molar refractivity (Wildman–Crippen MR) is 65.2 cm³/mol. The van der Waals surface area contributed by atoms with Gasteiger partial charge in [-0.15, -0.1) is 5.10 Å². The summed E-state index contributed by atoms with van der Waals surface area (Å²) >= 11 is 1.60. The van der Waals surface area contributed by atoms with Crippen molar-refractivity contribution in [2.45, 2.75) is 23.4 Å². The zero-order valence-electron chi connectivity index (χ0n) is 9.05. The number of rotatable bonds is 3. The standard InChI is InChI=1S/C12H13N3S/c1-9-3-2-4-11(7-9)16-12-10(8-13)5-6-14-15-12/h2-7H,8,13H2,1H3. The van der Waals surface area contributed by atoms with E-state index in [-0.39, 0.29) is 0 Å². The van der Waals surface area contributed by atoms with Crippen molar-refractivity contribution < 1.29 is 0 Å². The van der Waals surface area contributed by atoms with Crippen LogP contribution in [0.15, 0.2) is 46.5 Å². The molecule has 4 heteroatoms. The quantitative estimate of drug-likeness (QED) is 0.881. The summed E-state index contributed by atoms with van der Waals surface area (Å²) in [6.07, 6.45) is 1.67. The lowest BCUT2D eigenvalue weighted by atomic mass is 10.2. The summed E-state index contributed by atoms with van der Waals surface area (Å²) in [7, 11) is 0. The van der Waals surface area contributed by atoms with E-state index in [9.17, 15) is 0 Å². The van der Waals surface area contributed by atoms with Crippen molar-refractivity contribution in [1.29, 1.82) is 0 Å². The molecule has 1 heterocycles. The summed E-state index contributed by atoms with van der Waals surface area (Å²) in [5.74, 6) is 0. The van der Waals surface area contributed by atoms with E-state index in [1.165, 1.54) is 5.56 Å². The molecule has 0 saturated carbocycles. The number of hydrogen-bond donors (Lipinski definition) is 1. The number of benzene rings is 1. The van der Waals surface area contributed by atoms with Gasteiger partial charge in [0.15, 0.2) is 0 Å². The molecule has 0 spiro atoms. The summed E-state index contributed by atoms with van der Waals surface area (Å²) in [6, 6.07) is 10.2. The molecule has 16 heavy (non-hydrogen) atoms. The van der Waals surface area contributed by atoms with Crippen LogP contribution >= 0.6 is 11.8 Å². The van der Waals surface area contributed by atoms with E-state index < -0.39 is 0 Å². The van der Waals surface area contributed by atoms with Crippen LogP contribution in [-0.2, 0) is 6.54 Å². The van der Waals surface area contributed by atoms with Gasteiger partial charge in [-0.05, 0) is 25.1 Å². The summed E-state index contributed by atoms with van der Waals surface area (Å²) < 4.78 is 0. The van der Waals surface area contributed by atoms with Gasteiger partial charge < -0.3 is 5.73 Å². The second-order valence-corrected chi connectivity index (χ2v) is 4.55. The molecule has 0 aliphatic heterocycles. The minimum atomic E-state index is 0.490. The number of aryl methyl sites for hydroxylation is 1. The first kappa shape index (κ1) is 11.1. The number of hydrogen-bond acceptors (Lipinski definition) is 4. The first-order chi connectivity index (χ1) is 7.79. The summed E-state index contributed by atoms with van der Waals surface area (Å²) in [5, 5.41) is 8.88. The fraction of sp³-hybridized carbons (Fsp3) is 0.167. The molecule has 82 valence electrons. The Bertz CT molecular complexity index is 485. The largest absolute Gasteiger partial charge is 0.326 e. The van der Waals surface area contributed by atoms with Gasteiger partial charge in [-0.25, -0.2) is 0 Å². The van der Waals surface area contributed by atoms with Crippen LogP contribution in [0.5, 0.6) is 0 Å². The second kappa shape index (κ2) is 5.09. The van der Waals surface area contributed by atoms with E-state index in [0.717, 1.165) is 15.5 Å². The molecule has 0 radical (unpaired) electrons. The van der Waals surface area contributed by atoms with Crippen LogP contribution in [0.25, 0.3) is 0 Å². The summed E-state index contributed by atoms with van der Waals surface area (Å²) in [4.78, 5) is 1.16. The van der Waals surface area contributed by atoms with Crippen molar-refractivity contribution in [1.82, 2.24) is 10.2 Å². The number of aromatic nitrogens is 2. The maximum absolute atomic E-state index is 5.65. The summed E-state index contributed by atoms with van der Waals surface area (Å²) in [6.45, 7) is 2.56. The van der Waals surface area contributed by atoms with Crippen molar-refractivity contribution >= 4 is 11.8 Å². The van der Waals surface area contributed by atoms with Crippen LogP contribution in [0.2, 0.25) is 0 Å². The number of nitrogens with two attached hydrogens (primary N) is 1. The van der Waals surface area contributed by atoms with Gasteiger partial charge in [0, 0.05) is 23.2 Å². The summed E-state index contributed by atoms with van der Waals surface area (Å²) in [5.41, 5.74) is 7.92. The van der Waals surface area contributed by atoms with Crippen molar-refractivity contribution in [2.75, 3.05) is 0 Å². The zero-order valence-corrected chi connectivity index (χ0v) is 9.87. The minimum absolute atomic E-state index is 0.490. The predicted octanol–water partition coefficient (Wildman–Crippen LogP) is 2.39. The molecule has 0 bridgehead atoms. The first-order valence-electron chi connectivity index (χ1n) is 5.05. The fourth-order valence-electron chi connectivity index (χ4n) is 1.38. The van der Waals surface area contributed by atoms with E-state index in [4.69, 9.17) is 5.73 Å². The lowest BCUT2D eigenvalue weighted by Gasteiger charge is -2.05. The highest BCUT2D eigenvalue weighted by Gasteiger charge is 2.04. The second-order valence-electron chi connectivity index (χ2n) is 3.48. The maximum atomic E-state index is 5.65. The Morgan fingerprint density at radius 2 is 2.19 bits per heavy atom. The van der Waals surface area contributed by atoms with Gasteiger partial charge in [-0.2, -0.15) is 5.10 Å². The average molecular weight is 231 g/mol. The highest BCUT2D eigenvalue weighted by Crippen LogP contribution is 2.28. The monoisotopic (exact) mass is 231 g/mol. The molecule has 1 aromatic heterocycles. The topological polar surface area (TPSA) is 51.8 Å². The van der Waals surface area contributed by atoms with E-state index in [1.807, 2.05) is 12.1 Å². The fourth-order valence-corrected chi connectivity index (χ4v) is 2.36. The molecule has 2 aromatic rings. The molecule has 2 rings (SSSR count). The average Bonchev–Trinajstić information content (AvgIpc) is 2.30. The third kappa shape index (κ3) is 2.59. The van der Waals surface area contributed by atoms with Gasteiger partial charge in [-0.1, -0.05) is 29.5 Å². The van der Waals surface area contributed by atoms with Gasteiger partial charge in [0.2, 0.25) is 0 Å². The van der Waals surface area contributed by atoms with E-state index in [1.54, 1.807) is 18.0 Å². The van der Waals surface area contributed by atoms with Crippen LogP contribution < -0.4 is 5.73 Å². The highest BCUT2D eigenvalue weighted by molar-refractivity contribution is 7.99. The third-order valence-corrected chi connectivity index (χ3v) is 3.22. The molecule has 1 aromatic carbocycles. The van der Waals surface area contributed by atoms with Crippen LogP contribution in [0, 0.1) is 6.92 Å². The molecule has 0 aliphatic rings. The molecular weight excluding hydrogens is 218 g/mol. The molecule has 0 amide bonds. The third-order valence-electron chi connectivity index (χ3n) is 2.19. The molecule has 0 aliphatic carbocycles. The molecular formula is C12H13N3S. The van der Waals surface area contributed by atoms with Crippen molar-refractivity contribution in [3.05, 3.63) is 47.7 Å². The lowest BCUT2D eigenvalue weighted by molar-refractivity contribution is 0.866. The Morgan fingerprint density at radius 3 is 2.94 bits per heavy atom. The minimum Gasteiger partial charge on any atom is -0.326 e. The smallest absolute Gasteiger partial charge is 0.128 e. The van der Waals surface area contributed by atoms with Crippen molar-refractivity contribution in [3.63, 3.8) is 0 Å². The van der Waals surface area contributed by atoms with E-state index >= 15 is 0 Å².